The van der Waals surface area contributed by atoms with Crippen LogP contribution < -0.4 is 10.1 Å². The second-order valence-electron chi connectivity index (χ2n) is 5.44. The molecule has 0 spiro atoms. The fourth-order valence-electron chi connectivity index (χ4n) is 2.37. The average molecular weight is 339 g/mol. The number of rotatable bonds is 7. The molecule has 0 radical (unpaired) electrons. The Labute approximate surface area is 144 Å². The van der Waals surface area contributed by atoms with Gasteiger partial charge in [0.1, 0.15) is 11.6 Å². The summed E-state index contributed by atoms with van der Waals surface area (Å²) in [4.78, 5) is 12.3. The largest absolute Gasteiger partial charge is 0.494 e. The zero-order chi connectivity index (χ0) is 17.5. The highest BCUT2D eigenvalue weighted by atomic mass is 19.1. The number of hydrogen-bond donors (Lipinski definition) is 2. The predicted octanol–water partition coefficient (Wildman–Crippen LogP) is 3.41. The third-order valence-corrected chi connectivity index (χ3v) is 3.64. The number of carbonyl (C=O) groups excluding carboxylic acids is 1. The molecular formula is C19H18FN3O2. The van der Waals surface area contributed by atoms with Crippen LogP contribution in [0.25, 0.3) is 11.3 Å². The highest BCUT2D eigenvalue weighted by Gasteiger charge is 2.14. The van der Waals surface area contributed by atoms with E-state index in [9.17, 15) is 9.18 Å². The molecule has 2 N–H and O–H groups in total. The lowest BCUT2D eigenvalue weighted by molar-refractivity contribution is 0.0952. The number of nitrogens with one attached hydrogen (secondary N) is 2. The first-order chi connectivity index (χ1) is 12.2. The fraction of sp³-hybridized carbons (Fsp3) is 0.158. The van der Waals surface area contributed by atoms with Gasteiger partial charge in [0.2, 0.25) is 0 Å². The summed E-state index contributed by atoms with van der Waals surface area (Å²) >= 11 is 0. The molecule has 1 aromatic heterocycles. The summed E-state index contributed by atoms with van der Waals surface area (Å²) in [5, 5.41) is 9.69. The maximum absolute atomic E-state index is 12.8. The third kappa shape index (κ3) is 4.44. The minimum Gasteiger partial charge on any atom is -0.494 e. The van der Waals surface area contributed by atoms with Crippen LogP contribution in [-0.2, 0) is 0 Å². The first-order valence-electron chi connectivity index (χ1n) is 7.99. The summed E-state index contributed by atoms with van der Waals surface area (Å²) in [6.45, 7) is 0.905. The maximum Gasteiger partial charge on any atom is 0.255 e. The van der Waals surface area contributed by atoms with Crippen LogP contribution in [0.3, 0.4) is 0 Å². The van der Waals surface area contributed by atoms with Crippen LogP contribution in [0, 0.1) is 5.82 Å². The average Bonchev–Trinajstić information content (AvgIpc) is 3.13. The number of hydrogen-bond acceptors (Lipinski definition) is 3. The highest BCUT2D eigenvalue weighted by molar-refractivity contribution is 5.99. The van der Waals surface area contributed by atoms with Crippen LogP contribution >= 0.6 is 0 Å². The molecule has 128 valence electrons. The molecule has 0 saturated heterocycles. The molecule has 0 aliphatic heterocycles. The van der Waals surface area contributed by atoms with E-state index < -0.39 is 0 Å². The molecule has 0 aliphatic carbocycles. The van der Waals surface area contributed by atoms with Gasteiger partial charge in [-0.1, -0.05) is 30.3 Å². The molecule has 0 fully saturated rings. The zero-order valence-corrected chi connectivity index (χ0v) is 13.5. The minimum absolute atomic E-state index is 0.186. The summed E-state index contributed by atoms with van der Waals surface area (Å²) in [7, 11) is 0. The van der Waals surface area contributed by atoms with Crippen LogP contribution in [0.2, 0.25) is 0 Å². The fourth-order valence-corrected chi connectivity index (χ4v) is 2.37. The molecule has 1 amide bonds. The third-order valence-electron chi connectivity index (χ3n) is 3.64. The Morgan fingerprint density at radius 1 is 1.12 bits per heavy atom. The molecular weight excluding hydrogens is 321 g/mol. The van der Waals surface area contributed by atoms with Crippen molar-refractivity contribution in [2.24, 2.45) is 0 Å². The number of ether oxygens (including phenoxy) is 1. The number of H-pyrrole nitrogens is 1. The lowest BCUT2D eigenvalue weighted by atomic mass is 10.1. The van der Waals surface area contributed by atoms with Crippen molar-refractivity contribution >= 4 is 5.91 Å². The lowest BCUT2D eigenvalue weighted by Gasteiger charge is -2.08. The number of aromatic nitrogens is 2. The summed E-state index contributed by atoms with van der Waals surface area (Å²) in [6, 6.07) is 15.4. The van der Waals surface area contributed by atoms with Crippen molar-refractivity contribution in [3.8, 4) is 17.0 Å². The number of halogens is 1. The molecule has 25 heavy (non-hydrogen) atoms. The van der Waals surface area contributed by atoms with Crippen LogP contribution in [0.1, 0.15) is 16.8 Å². The Morgan fingerprint density at radius 3 is 2.64 bits per heavy atom. The molecule has 0 atom stereocenters. The van der Waals surface area contributed by atoms with Crippen LogP contribution in [0.15, 0.2) is 60.8 Å². The van der Waals surface area contributed by atoms with Crippen molar-refractivity contribution in [3.05, 3.63) is 72.2 Å². The standard InChI is InChI=1S/C19H18FN3O2/c20-15-7-9-16(10-8-15)25-12-4-11-21-19(24)17-13-22-23-18(17)14-5-2-1-3-6-14/h1-3,5-10,13H,4,11-12H2,(H,21,24)(H,22,23). The molecule has 3 aromatic rings. The number of nitrogens with zero attached hydrogens (tertiary/aromatic N) is 1. The Hall–Kier alpha value is -3.15. The van der Waals surface area contributed by atoms with Crippen molar-refractivity contribution in [2.75, 3.05) is 13.2 Å². The number of carbonyl (C=O) groups is 1. The van der Waals surface area contributed by atoms with Crippen LogP contribution in [0.5, 0.6) is 5.75 Å². The Bertz CT molecular complexity index is 816. The molecule has 3 rings (SSSR count). The van der Waals surface area contributed by atoms with Crippen molar-refractivity contribution in [3.63, 3.8) is 0 Å². The second-order valence-corrected chi connectivity index (χ2v) is 5.44. The molecule has 0 aliphatic rings. The number of amides is 1. The second kappa shape index (κ2) is 8.10. The van der Waals surface area contributed by atoms with Gasteiger partial charge in [-0.05, 0) is 30.7 Å². The number of benzene rings is 2. The summed E-state index contributed by atoms with van der Waals surface area (Å²) < 4.78 is 18.3. The van der Waals surface area contributed by atoms with E-state index in [1.807, 2.05) is 30.3 Å². The normalized spacial score (nSPS) is 10.4. The van der Waals surface area contributed by atoms with E-state index in [-0.39, 0.29) is 11.7 Å². The van der Waals surface area contributed by atoms with Crippen molar-refractivity contribution in [1.82, 2.24) is 15.5 Å². The molecule has 0 unspecified atom stereocenters. The van der Waals surface area contributed by atoms with Crippen molar-refractivity contribution < 1.29 is 13.9 Å². The van der Waals surface area contributed by atoms with Crippen LogP contribution in [0.4, 0.5) is 4.39 Å². The quantitative estimate of drug-likeness (QED) is 0.648. The van der Waals surface area contributed by atoms with Crippen LogP contribution in [-0.4, -0.2) is 29.3 Å². The van der Waals surface area contributed by atoms with Gasteiger partial charge in [-0.25, -0.2) is 4.39 Å². The van der Waals surface area contributed by atoms with Gasteiger partial charge in [-0.3, -0.25) is 9.89 Å². The monoisotopic (exact) mass is 339 g/mol. The summed E-state index contributed by atoms with van der Waals surface area (Å²) in [5.41, 5.74) is 2.11. The van der Waals surface area contributed by atoms with E-state index in [0.717, 1.165) is 5.56 Å². The molecule has 0 saturated carbocycles. The van der Waals surface area contributed by atoms with E-state index in [2.05, 4.69) is 15.5 Å². The Morgan fingerprint density at radius 2 is 1.88 bits per heavy atom. The van der Waals surface area contributed by atoms with Gasteiger partial charge in [-0.15, -0.1) is 0 Å². The molecule has 6 heteroatoms. The van der Waals surface area contributed by atoms with Gasteiger partial charge in [-0.2, -0.15) is 5.10 Å². The molecule has 5 nitrogen and oxygen atoms in total. The van der Waals surface area contributed by atoms with Gasteiger partial charge >= 0.3 is 0 Å². The van der Waals surface area contributed by atoms with Crippen molar-refractivity contribution in [2.45, 2.75) is 6.42 Å². The SMILES string of the molecule is O=C(NCCCOc1ccc(F)cc1)c1cn[nH]c1-c1ccccc1. The van der Waals surface area contributed by atoms with Gasteiger partial charge in [0, 0.05) is 12.1 Å². The first-order valence-corrected chi connectivity index (χ1v) is 7.99. The topological polar surface area (TPSA) is 67.0 Å². The maximum atomic E-state index is 12.8. The zero-order valence-electron chi connectivity index (χ0n) is 13.5. The van der Waals surface area contributed by atoms with Gasteiger partial charge in [0.05, 0.1) is 24.1 Å². The van der Waals surface area contributed by atoms with Gasteiger partial charge < -0.3 is 10.1 Å². The van der Waals surface area contributed by atoms with E-state index in [4.69, 9.17) is 4.74 Å². The Kier molecular flexibility index (Phi) is 5.41. The van der Waals surface area contributed by atoms with Crippen molar-refractivity contribution in [1.29, 1.82) is 0 Å². The van der Waals surface area contributed by atoms with Gasteiger partial charge in [0.25, 0.3) is 5.91 Å². The Balaban J connectivity index is 1.47. The smallest absolute Gasteiger partial charge is 0.255 e. The molecule has 1 heterocycles. The van der Waals surface area contributed by atoms with Gasteiger partial charge in [0.15, 0.2) is 0 Å². The first kappa shape index (κ1) is 16.7. The molecule has 2 aromatic carbocycles. The van der Waals surface area contributed by atoms with E-state index in [0.29, 0.717) is 36.6 Å². The van der Waals surface area contributed by atoms with E-state index >= 15 is 0 Å². The predicted molar refractivity (Wildman–Crippen MR) is 92.9 cm³/mol. The summed E-state index contributed by atoms with van der Waals surface area (Å²) in [5.74, 6) is 0.122. The summed E-state index contributed by atoms with van der Waals surface area (Å²) in [6.07, 6.45) is 2.16. The van der Waals surface area contributed by atoms with E-state index in [1.54, 1.807) is 12.1 Å². The molecule has 0 bridgehead atoms. The van der Waals surface area contributed by atoms with E-state index in [1.165, 1.54) is 18.3 Å². The minimum atomic E-state index is -0.297. The number of aromatic amines is 1. The lowest BCUT2D eigenvalue weighted by Crippen LogP contribution is -2.25. The highest BCUT2D eigenvalue weighted by Crippen LogP contribution is 2.20.